The fourth-order valence-electron chi connectivity index (χ4n) is 0.894. The van der Waals surface area contributed by atoms with E-state index in [0.717, 1.165) is 31.4 Å². The molecule has 10 heavy (non-hydrogen) atoms. The van der Waals surface area contributed by atoms with E-state index in [2.05, 4.69) is 18.6 Å². The molecule has 0 saturated carbocycles. The number of rotatable bonds is 5. The molecule has 0 aromatic rings. The van der Waals surface area contributed by atoms with Crippen LogP contribution in [0.1, 0.15) is 46.0 Å². The summed E-state index contributed by atoms with van der Waals surface area (Å²) in [5.41, 5.74) is 9.42. The van der Waals surface area contributed by atoms with E-state index in [1.165, 1.54) is 6.42 Å². The maximum atomic E-state index is 8.47. The van der Waals surface area contributed by atoms with Gasteiger partial charge in [-0.3, -0.25) is 0 Å². The quantitative estimate of drug-likeness (QED) is 0.320. The Morgan fingerprint density at radius 2 is 1.90 bits per heavy atom. The number of nitrogens with zero attached hydrogens (tertiary/aromatic N) is 2. The van der Waals surface area contributed by atoms with E-state index >= 15 is 0 Å². The van der Waals surface area contributed by atoms with E-state index in [1.807, 2.05) is 0 Å². The van der Waals surface area contributed by atoms with Crippen LogP contribution in [0.25, 0.3) is 5.53 Å². The lowest BCUT2D eigenvalue weighted by atomic mass is 10.1. The average Bonchev–Trinajstić information content (AvgIpc) is 1.98. The van der Waals surface area contributed by atoms with Crippen LogP contribution in [-0.4, -0.2) is 10.5 Å². The summed E-state index contributed by atoms with van der Waals surface area (Å²) in [4.78, 5) is 3.23. The molecule has 0 aromatic carbocycles. The van der Waals surface area contributed by atoms with E-state index in [9.17, 15) is 0 Å². The molecule has 0 bridgehead atoms. The number of hydrogen-bond acceptors (Lipinski definition) is 0. The minimum atomic E-state index is 0.941. The number of hydrogen-bond donors (Lipinski definition) is 0. The fraction of sp³-hybridized carbons (Fsp3) is 0.875. The standard InChI is InChI=1S/C8H16N2/c1-3-5-7-8(10-9)6-4-2/h3-7H2,1-2H3. The third-order valence-electron chi connectivity index (χ3n) is 1.50. The van der Waals surface area contributed by atoms with Crippen molar-refractivity contribution in [3.05, 3.63) is 5.53 Å². The maximum Gasteiger partial charge on any atom is 0.268 e. The van der Waals surface area contributed by atoms with Crippen molar-refractivity contribution in [3.63, 3.8) is 0 Å². The lowest BCUT2D eigenvalue weighted by Gasteiger charge is -1.90. The molecule has 0 heterocycles. The van der Waals surface area contributed by atoms with Gasteiger partial charge in [-0.2, -0.15) is 4.79 Å². The molecule has 0 radical (unpaired) electrons. The highest BCUT2D eigenvalue weighted by molar-refractivity contribution is 5.78. The Labute approximate surface area is 62.9 Å². The minimum Gasteiger partial charge on any atom is -0.362 e. The van der Waals surface area contributed by atoms with Crippen molar-refractivity contribution in [2.24, 2.45) is 0 Å². The summed E-state index contributed by atoms with van der Waals surface area (Å²) in [6.07, 6.45) is 5.28. The van der Waals surface area contributed by atoms with Crippen molar-refractivity contribution < 1.29 is 4.79 Å². The van der Waals surface area contributed by atoms with E-state index in [4.69, 9.17) is 5.53 Å². The van der Waals surface area contributed by atoms with Gasteiger partial charge in [0.2, 0.25) is 0 Å². The van der Waals surface area contributed by atoms with Crippen molar-refractivity contribution in [3.8, 4) is 0 Å². The molecule has 0 amide bonds. The van der Waals surface area contributed by atoms with Gasteiger partial charge in [0.25, 0.3) is 5.71 Å². The summed E-state index contributed by atoms with van der Waals surface area (Å²) in [6, 6.07) is 0. The second kappa shape index (κ2) is 6.50. The highest BCUT2D eigenvalue weighted by atomic mass is 14.9. The van der Waals surface area contributed by atoms with Crippen LogP contribution in [0.4, 0.5) is 0 Å². The molecule has 2 heteroatoms. The van der Waals surface area contributed by atoms with E-state index in [-0.39, 0.29) is 0 Å². The van der Waals surface area contributed by atoms with Gasteiger partial charge in [0.05, 0.1) is 0 Å². The Morgan fingerprint density at radius 1 is 1.20 bits per heavy atom. The Kier molecular flexibility index (Phi) is 6.10. The monoisotopic (exact) mass is 140 g/mol. The summed E-state index contributed by atoms with van der Waals surface area (Å²) in [5, 5.41) is 0. The SMILES string of the molecule is CCCCC(CCC)=[N+]=[N-]. The fourth-order valence-corrected chi connectivity index (χ4v) is 0.894. The van der Waals surface area contributed by atoms with Crippen molar-refractivity contribution >= 4 is 5.71 Å². The van der Waals surface area contributed by atoms with Crippen molar-refractivity contribution in [1.82, 2.24) is 0 Å². The second-order valence-corrected chi connectivity index (χ2v) is 2.52. The van der Waals surface area contributed by atoms with Crippen LogP contribution in [-0.2, 0) is 0 Å². The van der Waals surface area contributed by atoms with Gasteiger partial charge < -0.3 is 5.53 Å². The molecule has 0 aromatic heterocycles. The first-order chi connectivity index (χ1) is 4.85. The smallest absolute Gasteiger partial charge is 0.268 e. The Hall–Kier alpha value is -0.620. The Balaban J connectivity index is 3.52. The normalized spacial score (nSPS) is 9.00. The molecule has 0 atom stereocenters. The van der Waals surface area contributed by atoms with Crippen LogP contribution < -0.4 is 0 Å². The molecule has 0 aliphatic rings. The molecular formula is C8H16N2. The first kappa shape index (κ1) is 9.38. The van der Waals surface area contributed by atoms with Crippen LogP contribution >= 0.6 is 0 Å². The first-order valence-electron chi connectivity index (χ1n) is 4.04. The maximum absolute atomic E-state index is 8.47. The van der Waals surface area contributed by atoms with E-state index in [1.54, 1.807) is 0 Å². The minimum absolute atomic E-state index is 0.941. The summed E-state index contributed by atoms with van der Waals surface area (Å²) in [6.45, 7) is 4.23. The van der Waals surface area contributed by atoms with Crippen LogP contribution in [0.15, 0.2) is 0 Å². The lowest BCUT2D eigenvalue weighted by Crippen LogP contribution is -1.98. The summed E-state index contributed by atoms with van der Waals surface area (Å²) >= 11 is 0. The van der Waals surface area contributed by atoms with Gasteiger partial charge in [-0.05, 0) is 12.8 Å². The summed E-state index contributed by atoms with van der Waals surface area (Å²) < 4.78 is 0. The van der Waals surface area contributed by atoms with Gasteiger partial charge in [0, 0.05) is 12.8 Å². The Morgan fingerprint density at radius 3 is 2.30 bits per heavy atom. The zero-order valence-corrected chi connectivity index (χ0v) is 6.93. The van der Waals surface area contributed by atoms with Crippen LogP contribution in [0.3, 0.4) is 0 Å². The zero-order chi connectivity index (χ0) is 7.82. The predicted molar refractivity (Wildman–Crippen MR) is 43.1 cm³/mol. The third kappa shape index (κ3) is 4.28. The molecule has 0 spiro atoms. The molecule has 0 unspecified atom stereocenters. The average molecular weight is 140 g/mol. The van der Waals surface area contributed by atoms with Crippen molar-refractivity contribution in [2.45, 2.75) is 46.0 Å². The zero-order valence-electron chi connectivity index (χ0n) is 6.93. The van der Waals surface area contributed by atoms with Gasteiger partial charge in [-0.25, -0.2) is 0 Å². The van der Waals surface area contributed by atoms with Crippen LogP contribution in [0.5, 0.6) is 0 Å². The molecule has 0 aliphatic carbocycles. The predicted octanol–water partition coefficient (Wildman–Crippen LogP) is 2.65. The van der Waals surface area contributed by atoms with E-state index < -0.39 is 0 Å². The first-order valence-corrected chi connectivity index (χ1v) is 4.04. The highest BCUT2D eigenvalue weighted by Gasteiger charge is 2.03. The molecular weight excluding hydrogens is 124 g/mol. The van der Waals surface area contributed by atoms with Gasteiger partial charge in [-0.1, -0.05) is 20.3 Å². The molecule has 0 rings (SSSR count). The lowest BCUT2D eigenvalue weighted by molar-refractivity contribution is -0.0116. The molecule has 0 fully saturated rings. The number of unbranched alkanes of at least 4 members (excludes halogenated alkanes) is 1. The van der Waals surface area contributed by atoms with Crippen LogP contribution in [0.2, 0.25) is 0 Å². The molecule has 0 saturated heterocycles. The molecule has 2 nitrogen and oxygen atoms in total. The largest absolute Gasteiger partial charge is 0.362 e. The van der Waals surface area contributed by atoms with Crippen LogP contribution in [0, 0.1) is 0 Å². The molecule has 58 valence electrons. The Bertz CT molecular complexity index is 123. The third-order valence-corrected chi connectivity index (χ3v) is 1.50. The van der Waals surface area contributed by atoms with Crippen molar-refractivity contribution in [1.29, 1.82) is 0 Å². The van der Waals surface area contributed by atoms with Gasteiger partial charge >= 0.3 is 0 Å². The van der Waals surface area contributed by atoms with Gasteiger partial charge in [-0.15, -0.1) is 0 Å². The summed E-state index contributed by atoms with van der Waals surface area (Å²) in [7, 11) is 0. The highest BCUT2D eigenvalue weighted by Crippen LogP contribution is 1.99. The van der Waals surface area contributed by atoms with Gasteiger partial charge in [0.1, 0.15) is 0 Å². The van der Waals surface area contributed by atoms with Crippen molar-refractivity contribution in [2.75, 3.05) is 0 Å². The molecule has 0 N–H and O–H groups in total. The topological polar surface area (TPSA) is 36.4 Å². The second-order valence-electron chi connectivity index (χ2n) is 2.52. The molecule has 0 aliphatic heterocycles. The van der Waals surface area contributed by atoms with Gasteiger partial charge in [0.15, 0.2) is 0 Å². The summed E-state index contributed by atoms with van der Waals surface area (Å²) in [5.74, 6) is 0. The van der Waals surface area contributed by atoms with E-state index in [0.29, 0.717) is 0 Å².